The van der Waals surface area contributed by atoms with E-state index in [1.54, 1.807) is 19.2 Å². The van der Waals surface area contributed by atoms with Gasteiger partial charge in [-0.05, 0) is 65.6 Å². The van der Waals surface area contributed by atoms with Gasteiger partial charge in [0.15, 0.2) is 0 Å². The number of halogens is 1. The summed E-state index contributed by atoms with van der Waals surface area (Å²) in [4.78, 5) is 15.2. The molecule has 6 heteroatoms. The largest absolute Gasteiger partial charge is 0.497 e. The number of carbonyl (C=O) groups excluding carboxylic acids is 1. The predicted octanol–water partition coefficient (Wildman–Crippen LogP) is 4.49. The van der Waals surface area contributed by atoms with E-state index in [1.165, 1.54) is 12.1 Å². The Bertz CT molecular complexity index is 1170. The van der Waals surface area contributed by atoms with Crippen molar-refractivity contribution in [3.63, 3.8) is 0 Å². The van der Waals surface area contributed by atoms with E-state index < -0.39 is 5.82 Å². The third kappa shape index (κ3) is 3.50. The van der Waals surface area contributed by atoms with Gasteiger partial charge in [0.05, 0.1) is 25.8 Å². The molecule has 1 saturated heterocycles. The third-order valence-electron chi connectivity index (χ3n) is 6.60. The summed E-state index contributed by atoms with van der Waals surface area (Å²) in [6.07, 6.45) is 0.771. The zero-order valence-corrected chi connectivity index (χ0v) is 17.8. The van der Waals surface area contributed by atoms with Gasteiger partial charge in [0.1, 0.15) is 11.6 Å². The monoisotopic (exact) mass is 432 g/mol. The van der Waals surface area contributed by atoms with Gasteiger partial charge in [-0.25, -0.2) is 4.39 Å². The van der Waals surface area contributed by atoms with Crippen LogP contribution in [-0.4, -0.2) is 42.2 Å². The van der Waals surface area contributed by atoms with Gasteiger partial charge in [-0.3, -0.25) is 4.79 Å². The third-order valence-corrected chi connectivity index (χ3v) is 6.60. The molecule has 2 aliphatic rings. The van der Waals surface area contributed by atoms with Crippen LogP contribution in [0.1, 0.15) is 28.4 Å². The fraction of sp³-hybridized carbons (Fsp3) is 0.269. The van der Waals surface area contributed by atoms with Crippen molar-refractivity contribution in [2.75, 3.05) is 25.6 Å². The summed E-state index contributed by atoms with van der Waals surface area (Å²) in [6.45, 7) is 0.548. The molecule has 1 fully saturated rings. The second kappa shape index (κ2) is 8.28. The van der Waals surface area contributed by atoms with Gasteiger partial charge in [0.2, 0.25) is 0 Å². The summed E-state index contributed by atoms with van der Waals surface area (Å²) in [5.41, 5.74) is 4.32. The van der Waals surface area contributed by atoms with E-state index in [9.17, 15) is 14.3 Å². The lowest BCUT2D eigenvalue weighted by atomic mass is 9.82. The zero-order valence-electron chi connectivity index (χ0n) is 17.8. The van der Waals surface area contributed by atoms with Crippen molar-refractivity contribution in [1.29, 1.82) is 0 Å². The van der Waals surface area contributed by atoms with Gasteiger partial charge >= 0.3 is 0 Å². The van der Waals surface area contributed by atoms with Crippen molar-refractivity contribution in [3.05, 3.63) is 83.7 Å². The first kappa shape index (κ1) is 20.5. The minimum Gasteiger partial charge on any atom is -0.497 e. The Kier molecular flexibility index (Phi) is 5.31. The molecule has 2 heterocycles. The van der Waals surface area contributed by atoms with Gasteiger partial charge in [0.25, 0.3) is 5.91 Å². The minimum absolute atomic E-state index is 0.0137. The van der Waals surface area contributed by atoms with E-state index in [4.69, 9.17) is 4.74 Å². The number of hydrogen-bond acceptors (Lipinski definition) is 4. The van der Waals surface area contributed by atoms with Crippen molar-refractivity contribution < 1.29 is 19.0 Å². The Labute approximate surface area is 186 Å². The summed E-state index contributed by atoms with van der Waals surface area (Å²) < 4.78 is 19.2. The summed E-state index contributed by atoms with van der Waals surface area (Å²) >= 11 is 0. The molecule has 3 aromatic carbocycles. The van der Waals surface area contributed by atoms with Crippen LogP contribution >= 0.6 is 0 Å². The van der Waals surface area contributed by atoms with Crippen LogP contribution < -0.4 is 10.1 Å². The van der Waals surface area contributed by atoms with Crippen LogP contribution in [0.5, 0.6) is 5.75 Å². The molecule has 2 N–H and O–H groups in total. The van der Waals surface area contributed by atoms with Crippen LogP contribution in [0.2, 0.25) is 0 Å². The molecule has 0 unspecified atom stereocenters. The number of aliphatic hydroxyl groups excluding tert-OH is 1. The summed E-state index contributed by atoms with van der Waals surface area (Å²) in [5, 5.41) is 13.5. The molecule has 0 spiro atoms. The Morgan fingerprint density at radius 2 is 1.94 bits per heavy atom. The van der Waals surface area contributed by atoms with E-state index in [1.807, 2.05) is 41.3 Å². The number of aliphatic hydroxyl groups is 1. The molecule has 3 aromatic rings. The SMILES string of the molecule is COc1cccc(-c2ccc3c(c2)[C@H]2[C@H](CCN2C(=O)c2cccc(F)c2)[C@H](CO)N3)c1. The Hall–Kier alpha value is -3.38. The first-order chi connectivity index (χ1) is 15.6. The molecule has 0 aromatic heterocycles. The molecule has 0 radical (unpaired) electrons. The standard InChI is InChI=1S/C26H25FN2O3/c1-32-20-7-3-4-16(13-20)17-8-9-23-22(14-17)25-21(24(15-30)28-23)10-11-29(25)26(31)18-5-2-6-19(27)12-18/h2-9,12-14,21,24-25,28,30H,10-11,15H2,1H3/t21-,24+,25-/m1/s1. The van der Waals surface area contributed by atoms with Gasteiger partial charge < -0.3 is 20.1 Å². The summed E-state index contributed by atoms with van der Waals surface area (Å²) in [7, 11) is 1.64. The summed E-state index contributed by atoms with van der Waals surface area (Å²) in [6, 6.07) is 19.5. The maximum absolute atomic E-state index is 13.8. The van der Waals surface area contributed by atoms with E-state index in [0.29, 0.717) is 12.1 Å². The van der Waals surface area contributed by atoms with E-state index in [2.05, 4.69) is 11.4 Å². The molecule has 5 rings (SSSR count). The zero-order chi connectivity index (χ0) is 22.2. The number of rotatable bonds is 4. The molecule has 0 bridgehead atoms. The van der Waals surface area contributed by atoms with Crippen molar-refractivity contribution in [1.82, 2.24) is 4.90 Å². The van der Waals surface area contributed by atoms with Crippen LogP contribution in [0.3, 0.4) is 0 Å². The van der Waals surface area contributed by atoms with Crippen LogP contribution in [0.25, 0.3) is 11.1 Å². The fourth-order valence-corrected chi connectivity index (χ4v) is 5.06. The lowest BCUT2D eigenvalue weighted by Crippen LogP contribution is -2.42. The van der Waals surface area contributed by atoms with Gasteiger partial charge in [0, 0.05) is 23.7 Å². The van der Waals surface area contributed by atoms with Crippen molar-refractivity contribution in [2.45, 2.75) is 18.5 Å². The number of likely N-dealkylation sites (tertiary alicyclic amines) is 1. The predicted molar refractivity (Wildman–Crippen MR) is 121 cm³/mol. The Morgan fingerprint density at radius 1 is 1.12 bits per heavy atom. The topological polar surface area (TPSA) is 61.8 Å². The van der Waals surface area contributed by atoms with Gasteiger partial charge in [-0.15, -0.1) is 0 Å². The molecule has 3 atom stereocenters. The number of nitrogens with zero attached hydrogens (tertiary/aromatic N) is 1. The lowest BCUT2D eigenvalue weighted by Gasteiger charge is -2.39. The second-order valence-corrected chi connectivity index (χ2v) is 8.37. The molecule has 0 saturated carbocycles. The van der Waals surface area contributed by atoms with Crippen LogP contribution in [0.4, 0.5) is 10.1 Å². The highest BCUT2D eigenvalue weighted by atomic mass is 19.1. The molecule has 164 valence electrons. The highest BCUT2D eigenvalue weighted by Gasteiger charge is 2.45. The number of fused-ring (bicyclic) bond motifs is 3. The van der Waals surface area contributed by atoms with Crippen LogP contribution in [-0.2, 0) is 0 Å². The molecule has 5 nitrogen and oxygen atoms in total. The molecule has 1 amide bonds. The first-order valence-corrected chi connectivity index (χ1v) is 10.8. The number of anilines is 1. The van der Waals surface area contributed by atoms with E-state index in [0.717, 1.165) is 34.5 Å². The number of methoxy groups -OCH3 is 1. The molecule has 32 heavy (non-hydrogen) atoms. The average molecular weight is 432 g/mol. The van der Waals surface area contributed by atoms with Crippen molar-refractivity contribution >= 4 is 11.6 Å². The van der Waals surface area contributed by atoms with E-state index >= 15 is 0 Å². The highest BCUT2D eigenvalue weighted by Crippen LogP contribution is 2.47. The minimum atomic E-state index is -0.425. The average Bonchev–Trinajstić information content (AvgIpc) is 3.28. The molecular weight excluding hydrogens is 407 g/mol. The number of carbonyl (C=O) groups is 1. The quantitative estimate of drug-likeness (QED) is 0.638. The smallest absolute Gasteiger partial charge is 0.254 e. The second-order valence-electron chi connectivity index (χ2n) is 8.37. The lowest BCUT2D eigenvalue weighted by molar-refractivity contribution is 0.0700. The van der Waals surface area contributed by atoms with Crippen molar-refractivity contribution in [3.8, 4) is 16.9 Å². The maximum Gasteiger partial charge on any atom is 0.254 e. The molecular formula is C26H25FN2O3. The number of nitrogens with one attached hydrogen (secondary N) is 1. The van der Waals surface area contributed by atoms with Gasteiger partial charge in [-0.2, -0.15) is 0 Å². The number of amides is 1. The Balaban J connectivity index is 1.57. The van der Waals surface area contributed by atoms with E-state index in [-0.39, 0.29) is 30.5 Å². The summed E-state index contributed by atoms with van der Waals surface area (Å²) in [5.74, 6) is 0.241. The normalized spacial score (nSPS) is 21.5. The number of ether oxygens (including phenoxy) is 1. The maximum atomic E-state index is 13.8. The Morgan fingerprint density at radius 3 is 2.72 bits per heavy atom. The van der Waals surface area contributed by atoms with Crippen LogP contribution in [0, 0.1) is 11.7 Å². The highest BCUT2D eigenvalue weighted by molar-refractivity contribution is 5.95. The van der Waals surface area contributed by atoms with Crippen molar-refractivity contribution in [2.24, 2.45) is 5.92 Å². The number of benzene rings is 3. The molecule has 2 aliphatic heterocycles. The fourth-order valence-electron chi connectivity index (χ4n) is 5.06. The number of hydrogen-bond donors (Lipinski definition) is 2. The van der Waals surface area contributed by atoms with Gasteiger partial charge in [-0.1, -0.05) is 24.3 Å². The first-order valence-electron chi connectivity index (χ1n) is 10.8. The molecule has 0 aliphatic carbocycles. The van der Waals surface area contributed by atoms with Crippen LogP contribution in [0.15, 0.2) is 66.7 Å².